The number of pyridine rings is 1. The highest BCUT2D eigenvalue weighted by Crippen LogP contribution is 2.25. The van der Waals surface area contributed by atoms with Gasteiger partial charge in [-0.1, -0.05) is 36.4 Å². The van der Waals surface area contributed by atoms with E-state index in [1.54, 1.807) is 85.1 Å². The lowest BCUT2D eigenvalue weighted by atomic mass is 10.2. The lowest BCUT2D eigenvalue weighted by Gasteiger charge is -2.10. The van der Waals surface area contributed by atoms with E-state index in [0.717, 1.165) is 0 Å². The molecule has 4 rings (SSSR count). The number of nitrogens with zero attached hydrogens (tertiary/aromatic N) is 2. The number of benzene rings is 3. The Kier molecular flexibility index (Phi) is 7.35. The number of hydrogen-bond acceptors (Lipinski definition) is 7. The average Bonchev–Trinajstić information content (AvgIpc) is 2.91. The molecule has 0 saturated carbocycles. The minimum Gasteiger partial charge on any atom is -0.423 e. The second kappa shape index (κ2) is 11.2. The summed E-state index contributed by atoms with van der Waals surface area (Å²) in [7, 11) is 0. The number of hydrazone groups is 1. The van der Waals surface area contributed by atoms with Crippen LogP contribution in [0.2, 0.25) is 0 Å². The zero-order valence-corrected chi connectivity index (χ0v) is 18.3. The fourth-order valence-electron chi connectivity index (χ4n) is 2.97. The molecule has 0 fully saturated rings. The Morgan fingerprint density at radius 1 is 0.743 bits per heavy atom. The minimum absolute atomic E-state index is 0.0941. The van der Waals surface area contributed by atoms with E-state index in [0.29, 0.717) is 22.3 Å². The molecule has 8 heteroatoms. The first-order valence-electron chi connectivity index (χ1n) is 10.5. The van der Waals surface area contributed by atoms with Crippen molar-refractivity contribution in [2.24, 2.45) is 5.10 Å². The van der Waals surface area contributed by atoms with Gasteiger partial charge in [-0.15, -0.1) is 0 Å². The Morgan fingerprint density at radius 2 is 1.37 bits per heavy atom. The maximum atomic E-state index is 12.6. The van der Waals surface area contributed by atoms with Gasteiger partial charge in [0.2, 0.25) is 0 Å². The van der Waals surface area contributed by atoms with E-state index in [9.17, 15) is 14.4 Å². The van der Waals surface area contributed by atoms with Crippen molar-refractivity contribution in [3.05, 3.63) is 126 Å². The Morgan fingerprint density at radius 3 is 2.00 bits per heavy atom. The number of aromatic nitrogens is 1. The van der Waals surface area contributed by atoms with Crippen LogP contribution in [0.15, 0.2) is 108 Å². The van der Waals surface area contributed by atoms with Crippen LogP contribution in [-0.2, 0) is 0 Å². The molecule has 1 amide bonds. The molecule has 172 valence electrons. The molecular weight excluding hydrogens is 446 g/mol. The molecule has 0 unspecified atom stereocenters. The highest BCUT2D eigenvalue weighted by molar-refractivity contribution is 5.96. The molecule has 0 radical (unpaired) electrons. The van der Waals surface area contributed by atoms with E-state index < -0.39 is 17.8 Å². The standard InChI is InChI=1S/C27H19N3O5/c31-25(22-12-7-15-28-17-22)30-29-18-21-13-14-23(34-26(32)19-8-3-1-4-9-19)16-24(21)35-27(33)20-10-5-2-6-11-20/h1-18H,(H,30,31)/b29-18+. The van der Waals surface area contributed by atoms with Gasteiger partial charge in [0.1, 0.15) is 11.5 Å². The predicted octanol–water partition coefficient (Wildman–Crippen LogP) is 4.28. The number of carbonyl (C=O) groups excluding carboxylic acids is 3. The van der Waals surface area contributed by atoms with E-state index in [1.807, 2.05) is 0 Å². The molecule has 8 nitrogen and oxygen atoms in total. The number of carbonyl (C=O) groups is 3. The van der Waals surface area contributed by atoms with Crippen LogP contribution in [0.4, 0.5) is 0 Å². The van der Waals surface area contributed by atoms with Crippen LogP contribution in [-0.4, -0.2) is 29.0 Å². The van der Waals surface area contributed by atoms with Crippen LogP contribution in [0.5, 0.6) is 11.5 Å². The summed E-state index contributed by atoms with van der Waals surface area (Å²) in [5.74, 6) is -1.35. The Bertz CT molecular complexity index is 1360. The van der Waals surface area contributed by atoms with Gasteiger partial charge in [0.15, 0.2) is 0 Å². The zero-order valence-electron chi connectivity index (χ0n) is 18.3. The SMILES string of the molecule is O=C(N/N=C/c1ccc(OC(=O)c2ccccc2)cc1OC(=O)c1ccccc1)c1cccnc1. The first-order valence-corrected chi connectivity index (χ1v) is 10.5. The summed E-state index contributed by atoms with van der Waals surface area (Å²) in [5, 5.41) is 3.95. The lowest BCUT2D eigenvalue weighted by molar-refractivity contribution is 0.0732. The smallest absolute Gasteiger partial charge is 0.343 e. The maximum Gasteiger partial charge on any atom is 0.343 e. The van der Waals surface area contributed by atoms with Crippen molar-refractivity contribution in [2.45, 2.75) is 0 Å². The molecule has 4 aromatic rings. The number of amides is 1. The van der Waals surface area contributed by atoms with Crippen LogP contribution >= 0.6 is 0 Å². The van der Waals surface area contributed by atoms with Crippen molar-refractivity contribution in [1.82, 2.24) is 10.4 Å². The summed E-state index contributed by atoms with van der Waals surface area (Å²) in [5.41, 5.74) is 3.82. The number of rotatable bonds is 7. The summed E-state index contributed by atoms with van der Waals surface area (Å²) in [4.78, 5) is 41.1. The van der Waals surface area contributed by atoms with Crippen molar-refractivity contribution in [2.75, 3.05) is 0 Å². The monoisotopic (exact) mass is 465 g/mol. The first-order chi connectivity index (χ1) is 17.1. The van der Waals surface area contributed by atoms with Crippen LogP contribution in [0, 0.1) is 0 Å². The molecule has 0 aliphatic rings. The van der Waals surface area contributed by atoms with Gasteiger partial charge in [0.05, 0.1) is 22.9 Å². The third-order valence-corrected chi connectivity index (χ3v) is 4.71. The van der Waals surface area contributed by atoms with Crippen molar-refractivity contribution in [1.29, 1.82) is 0 Å². The van der Waals surface area contributed by atoms with Crippen molar-refractivity contribution < 1.29 is 23.9 Å². The first kappa shape index (κ1) is 23.1. The highest BCUT2D eigenvalue weighted by atomic mass is 16.5. The van der Waals surface area contributed by atoms with Gasteiger partial charge < -0.3 is 9.47 Å². The van der Waals surface area contributed by atoms with Gasteiger partial charge in [-0.25, -0.2) is 15.0 Å². The fourth-order valence-corrected chi connectivity index (χ4v) is 2.97. The van der Waals surface area contributed by atoms with E-state index >= 15 is 0 Å². The van der Waals surface area contributed by atoms with Crippen LogP contribution in [0.3, 0.4) is 0 Å². The Balaban J connectivity index is 1.56. The molecule has 1 aromatic heterocycles. The molecule has 35 heavy (non-hydrogen) atoms. The number of ether oxygens (including phenoxy) is 2. The minimum atomic E-state index is -0.605. The highest BCUT2D eigenvalue weighted by Gasteiger charge is 2.15. The summed E-state index contributed by atoms with van der Waals surface area (Å²) >= 11 is 0. The van der Waals surface area contributed by atoms with Crippen LogP contribution in [0.1, 0.15) is 36.6 Å². The summed E-state index contributed by atoms with van der Waals surface area (Å²) in [6.07, 6.45) is 4.29. The average molecular weight is 465 g/mol. The summed E-state index contributed by atoms with van der Waals surface area (Å²) in [6.45, 7) is 0. The largest absolute Gasteiger partial charge is 0.423 e. The van der Waals surface area contributed by atoms with Crippen molar-refractivity contribution in [3.8, 4) is 11.5 Å². The molecule has 1 heterocycles. The summed E-state index contributed by atoms with van der Waals surface area (Å²) < 4.78 is 11.0. The number of hydrogen-bond donors (Lipinski definition) is 1. The predicted molar refractivity (Wildman–Crippen MR) is 129 cm³/mol. The molecule has 0 bridgehead atoms. The van der Waals surface area contributed by atoms with Gasteiger partial charge in [0, 0.05) is 24.0 Å². The van der Waals surface area contributed by atoms with Gasteiger partial charge in [-0.3, -0.25) is 9.78 Å². The van der Waals surface area contributed by atoms with Crippen LogP contribution in [0.25, 0.3) is 0 Å². The normalized spacial score (nSPS) is 10.5. The Hall–Kier alpha value is -5.11. The van der Waals surface area contributed by atoms with Gasteiger partial charge in [0.25, 0.3) is 5.91 Å². The second-order valence-corrected chi connectivity index (χ2v) is 7.15. The van der Waals surface area contributed by atoms with E-state index in [1.165, 1.54) is 24.5 Å². The number of nitrogens with one attached hydrogen (secondary N) is 1. The molecule has 1 N–H and O–H groups in total. The fraction of sp³-hybridized carbons (Fsp3) is 0. The van der Waals surface area contributed by atoms with Gasteiger partial charge in [-0.05, 0) is 48.5 Å². The van der Waals surface area contributed by atoms with Gasteiger partial charge in [-0.2, -0.15) is 5.10 Å². The quantitative estimate of drug-likeness (QED) is 0.189. The lowest BCUT2D eigenvalue weighted by Crippen LogP contribution is -2.18. The van der Waals surface area contributed by atoms with Crippen molar-refractivity contribution >= 4 is 24.1 Å². The maximum absolute atomic E-state index is 12.6. The molecular formula is C27H19N3O5. The Labute approximate surface area is 200 Å². The van der Waals surface area contributed by atoms with Crippen molar-refractivity contribution in [3.63, 3.8) is 0 Å². The molecule has 0 aliphatic carbocycles. The van der Waals surface area contributed by atoms with Gasteiger partial charge >= 0.3 is 11.9 Å². The third kappa shape index (κ3) is 6.23. The molecule has 3 aromatic carbocycles. The topological polar surface area (TPSA) is 107 Å². The molecule has 0 saturated heterocycles. The molecule has 0 spiro atoms. The second-order valence-electron chi connectivity index (χ2n) is 7.15. The van der Waals surface area contributed by atoms with E-state index in [2.05, 4.69) is 15.5 Å². The molecule has 0 atom stereocenters. The zero-order chi connectivity index (χ0) is 24.5. The summed E-state index contributed by atoms with van der Waals surface area (Å²) in [6, 6.07) is 24.7. The van der Waals surface area contributed by atoms with E-state index in [4.69, 9.17) is 9.47 Å². The third-order valence-electron chi connectivity index (χ3n) is 4.71. The molecule has 0 aliphatic heterocycles. The van der Waals surface area contributed by atoms with E-state index in [-0.39, 0.29) is 11.5 Å². The van der Waals surface area contributed by atoms with Crippen LogP contribution < -0.4 is 14.9 Å². The number of esters is 2.